The van der Waals surface area contributed by atoms with Gasteiger partial charge in [0.15, 0.2) is 11.5 Å². The molecule has 2 aromatic carbocycles. The summed E-state index contributed by atoms with van der Waals surface area (Å²) < 4.78 is 24.5. The molecule has 1 aromatic heterocycles. The Kier molecular flexibility index (Phi) is 7.82. The SMILES string of the molecule is COCC(=O)N(Cc1c(-c2ccccc2)nn(C)c1Oc1ccccc1OC)C[C@H]1CCCO1. The van der Waals surface area contributed by atoms with Gasteiger partial charge in [-0.15, -0.1) is 0 Å². The normalized spacial score (nSPS) is 15.3. The van der Waals surface area contributed by atoms with Crippen molar-refractivity contribution in [3.63, 3.8) is 0 Å². The summed E-state index contributed by atoms with van der Waals surface area (Å²) in [5.41, 5.74) is 2.51. The second-order valence-corrected chi connectivity index (χ2v) is 8.22. The molecule has 180 valence electrons. The molecule has 0 saturated carbocycles. The lowest BCUT2D eigenvalue weighted by Crippen LogP contribution is -2.39. The number of methoxy groups -OCH3 is 2. The van der Waals surface area contributed by atoms with E-state index in [4.69, 9.17) is 24.0 Å². The van der Waals surface area contributed by atoms with Gasteiger partial charge in [0.25, 0.3) is 0 Å². The second kappa shape index (κ2) is 11.2. The fourth-order valence-electron chi connectivity index (χ4n) is 4.15. The zero-order chi connectivity index (χ0) is 23.9. The van der Waals surface area contributed by atoms with Crippen molar-refractivity contribution in [2.24, 2.45) is 7.05 Å². The van der Waals surface area contributed by atoms with Crippen LogP contribution in [0.5, 0.6) is 17.4 Å². The number of hydrogen-bond donors (Lipinski definition) is 0. The maximum absolute atomic E-state index is 13.0. The molecule has 1 atom stereocenters. The van der Waals surface area contributed by atoms with E-state index in [9.17, 15) is 4.79 Å². The summed E-state index contributed by atoms with van der Waals surface area (Å²) in [7, 11) is 4.97. The molecule has 1 fully saturated rings. The summed E-state index contributed by atoms with van der Waals surface area (Å²) in [6, 6.07) is 17.4. The Labute approximate surface area is 200 Å². The number of hydrogen-bond acceptors (Lipinski definition) is 6. The summed E-state index contributed by atoms with van der Waals surface area (Å²) in [4.78, 5) is 14.8. The van der Waals surface area contributed by atoms with Gasteiger partial charge < -0.3 is 23.8 Å². The van der Waals surface area contributed by atoms with Gasteiger partial charge >= 0.3 is 0 Å². The van der Waals surface area contributed by atoms with E-state index in [1.807, 2.05) is 61.6 Å². The van der Waals surface area contributed by atoms with Gasteiger partial charge in [0, 0.05) is 32.9 Å². The number of nitrogens with zero attached hydrogens (tertiary/aromatic N) is 3. The van der Waals surface area contributed by atoms with Crippen LogP contribution < -0.4 is 9.47 Å². The number of ether oxygens (including phenoxy) is 4. The Morgan fingerprint density at radius 2 is 1.85 bits per heavy atom. The smallest absolute Gasteiger partial charge is 0.248 e. The van der Waals surface area contributed by atoms with E-state index in [0.29, 0.717) is 30.5 Å². The van der Waals surface area contributed by atoms with E-state index < -0.39 is 0 Å². The highest BCUT2D eigenvalue weighted by Crippen LogP contribution is 2.37. The molecule has 0 spiro atoms. The first-order chi connectivity index (χ1) is 16.6. The number of carbonyl (C=O) groups is 1. The lowest BCUT2D eigenvalue weighted by molar-refractivity contribution is -0.137. The first-order valence-electron chi connectivity index (χ1n) is 11.4. The van der Waals surface area contributed by atoms with Crippen molar-refractivity contribution in [1.82, 2.24) is 14.7 Å². The molecule has 0 bridgehead atoms. The number of carbonyl (C=O) groups excluding carboxylic acids is 1. The molecular weight excluding hydrogens is 434 g/mol. The molecule has 1 saturated heterocycles. The zero-order valence-electron chi connectivity index (χ0n) is 19.9. The minimum atomic E-state index is -0.107. The first-order valence-corrected chi connectivity index (χ1v) is 11.4. The molecule has 1 aliphatic heterocycles. The average Bonchev–Trinajstić information content (AvgIpc) is 3.48. The van der Waals surface area contributed by atoms with E-state index in [1.54, 1.807) is 16.7 Å². The highest BCUT2D eigenvalue weighted by molar-refractivity contribution is 5.78. The lowest BCUT2D eigenvalue weighted by Gasteiger charge is -2.26. The molecule has 3 aromatic rings. The number of benzene rings is 2. The van der Waals surface area contributed by atoms with Crippen LogP contribution in [0.3, 0.4) is 0 Å². The van der Waals surface area contributed by atoms with Gasteiger partial charge in [0.2, 0.25) is 11.8 Å². The Balaban J connectivity index is 1.74. The molecule has 0 aliphatic carbocycles. The highest BCUT2D eigenvalue weighted by atomic mass is 16.5. The number of para-hydroxylation sites is 2. The minimum absolute atomic E-state index is 0.00362. The molecule has 0 N–H and O–H groups in total. The first kappa shape index (κ1) is 23.8. The van der Waals surface area contributed by atoms with Crippen LogP contribution in [0.1, 0.15) is 18.4 Å². The molecule has 1 amide bonds. The van der Waals surface area contributed by atoms with Crippen molar-refractivity contribution in [2.45, 2.75) is 25.5 Å². The molecular formula is C26H31N3O5. The van der Waals surface area contributed by atoms with Gasteiger partial charge in [0.05, 0.1) is 25.3 Å². The maximum Gasteiger partial charge on any atom is 0.248 e. The van der Waals surface area contributed by atoms with Crippen molar-refractivity contribution in [3.05, 3.63) is 60.2 Å². The third-order valence-electron chi connectivity index (χ3n) is 5.83. The third kappa shape index (κ3) is 5.40. The van der Waals surface area contributed by atoms with Gasteiger partial charge in [0.1, 0.15) is 12.3 Å². The molecule has 2 heterocycles. The van der Waals surface area contributed by atoms with Crippen LogP contribution >= 0.6 is 0 Å². The van der Waals surface area contributed by atoms with E-state index in [0.717, 1.165) is 36.3 Å². The topological polar surface area (TPSA) is 75.1 Å². The Morgan fingerprint density at radius 1 is 1.12 bits per heavy atom. The summed E-state index contributed by atoms with van der Waals surface area (Å²) in [6.45, 7) is 1.52. The van der Waals surface area contributed by atoms with E-state index >= 15 is 0 Å². The van der Waals surface area contributed by atoms with Crippen molar-refractivity contribution >= 4 is 5.91 Å². The summed E-state index contributed by atoms with van der Waals surface area (Å²) in [6.07, 6.45) is 1.94. The monoisotopic (exact) mass is 465 g/mol. The zero-order valence-corrected chi connectivity index (χ0v) is 19.9. The Hall–Kier alpha value is -3.36. The van der Waals surface area contributed by atoms with Crippen LogP contribution in [0, 0.1) is 0 Å². The summed E-state index contributed by atoms with van der Waals surface area (Å²) in [5.74, 6) is 1.63. The molecule has 1 aliphatic rings. The predicted molar refractivity (Wildman–Crippen MR) is 128 cm³/mol. The number of aryl methyl sites for hydroxylation is 1. The van der Waals surface area contributed by atoms with Crippen LogP contribution in [0.4, 0.5) is 0 Å². The van der Waals surface area contributed by atoms with Crippen molar-refractivity contribution in [2.75, 3.05) is 34.0 Å². The van der Waals surface area contributed by atoms with Gasteiger partial charge in [-0.2, -0.15) is 5.10 Å². The van der Waals surface area contributed by atoms with Crippen molar-refractivity contribution in [3.8, 4) is 28.6 Å². The van der Waals surface area contributed by atoms with Crippen LogP contribution in [-0.2, 0) is 27.9 Å². The standard InChI is InChI=1S/C26H31N3O5/c1-28-26(34-23-14-8-7-13-22(23)32-3)21(25(27-28)19-10-5-4-6-11-19)17-29(24(30)18-31-2)16-20-12-9-15-33-20/h4-8,10-11,13-14,20H,9,12,15-18H2,1-3H3/t20-/m1/s1. The quantitative estimate of drug-likeness (QED) is 0.450. The largest absolute Gasteiger partial charge is 0.493 e. The average molecular weight is 466 g/mol. The van der Waals surface area contributed by atoms with E-state index in [-0.39, 0.29) is 18.6 Å². The molecule has 4 rings (SSSR count). The molecule has 34 heavy (non-hydrogen) atoms. The van der Waals surface area contributed by atoms with Gasteiger partial charge in [-0.05, 0) is 25.0 Å². The summed E-state index contributed by atoms with van der Waals surface area (Å²) >= 11 is 0. The maximum atomic E-state index is 13.0. The fraction of sp³-hybridized carbons (Fsp3) is 0.385. The van der Waals surface area contributed by atoms with Gasteiger partial charge in [-0.3, -0.25) is 4.79 Å². The van der Waals surface area contributed by atoms with E-state index in [2.05, 4.69) is 0 Å². The van der Waals surface area contributed by atoms with Crippen molar-refractivity contribution < 1.29 is 23.7 Å². The van der Waals surface area contributed by atoms with Crippen LogP contribution in [0.2, 0.25) is 0 Å². The number of amides is 1. The molecule has 0 unspecified atom stereocenters. The minimum Gasteiger partial charge on any atom is -0.493 e. The highest BCUT2D eigenvalue weighted by Gasteiger charge is 2.28. The third-order valence-corrected chi connectivity index (χ3v) is 5.83. The number of rotatable bonds is 10. The Bertz CT molecular complexity index is 1090. The van der Waals surface area contributed by atoms with Gasteiger partial charge in [-0.25, -0.2) is 4.68 Å². The Morgan fingerprint density at radius 3 is 2.53 bits per heavy atom. The second-order valence-electron chi connectivity index (χ2n) is 8.22. The fourth-order valence-corrected chi connectivity index (χ4v) is 4.15. The lowest BCUT2D eigenvalue weighted by atomic mass is 10.1. The molecule has 8 heteroatoms. The van der Waals surface area contributed by atoms with Gasteiger partial charge in [-0.1, -0.05) is 42.5 Å². The molecule has 8 nitrogen and oxygen atoms in total. The predicted octanol–water partition coefficient (Wildman–Crippen LogP) is 4.04. The van der Waals surface area contributed by atoms with Crippen LogP contribution in [-0.4, -0.2) is 60.7 Å². The van der Waals surface area contributed by atoms with Crippen LogP contribution in [0.15, 0.2) is 54.6 Å². The van der Waals surface area contributed by atoms with E-state index in [1.165, 1.54) is 7.11 Å². The van der Waals surface area contributed by atoms with Crippen LogP contribution in [0.25, 0.3) is 11.3 Å². The number of aromatic nitrogens is 2. The molecule has 0 radical (unpaired) electrons. The summed E-state index contributed by atoms with van der Waals surface area (Å²) in [5, 5.41) is 4.77. The van der Waals surface area contributed by atoms with Crippen molar-refractivity contribution in [1.29, 1.82) is 0 Å².